The molecule has 112 valence electrons. The number of hydrogen-bond donors (Lipinski definition) is 1. The first kappa shape index (κ1) is 14.2. The summed E-state index contributed by atoms with van der Waals surface area (Å²) in [5, 5.41) is 0. The van der Waals surface area contributed by atoms with E-state index < -0.39 is 0 Å². The van der Waals surface area contributed by atoms with Gasteiger partial charge in [-0.2, -0.15) is 0 Å². The third-order valence-corrected chi connectivity index (χ3v) is 5.12. The minimum atomic E-state index is 0.0922. The fourth-order valence-electron chi connectivity index (χ4n) is 3.94. The first-order valence-corrected chi connectivity index (χ1v) is 7.90. The fourth-order valence-corrected chi connectivity index (χ4v) is 3.94. The highest BCUT2D eigenvalue weighted by molar-refractivity contribution is 5.91. The minimum Gasteiger partial charge on any atom is -0.399 e. The van der Waals surface area contributed by atoms with Gasteiger partial charge in [0.1, 0.15) is 0 Å². The monoisotopic (exact) mass is 284 g/mol. The molecule has 0 heterocycles. The van der Waals surface area contributed by atoms with Crippen molar-refractivity contribution >= 4 is 17.7 Å². The van der Waals surface area contributed by atoms with Crippen LogP contribution >= 0.6 is 0 Å². The molecule has 1 amide bonds. The molecule has 2 fully saturated rings. The molecule has 2 saturated carbocycles. The highest BCUT2D eigenvalue weighted by atomic mass is 16.2. The van der Waals surface area contributed by atoms with Crippen molar-refractivity contribution < 1.29 is 4.79 Å². The van der Waals surface area contributed by atoms with Crippen LogP contribution in [0.2, 0.25) is 0 Å². The first-order valence-electron chi connectivity index (χ1n) is 7.90. The van der Waals surface area contributed by atoms with Gasteiger partial charge in [-0.3, -0.25) is 4.79 Å². The summed E-state index contributed by atoms with van der Waals surface area (Å²) in [5.74, 6) is 2.62. The highest BCUT2D eigenvalue weighted by Crippen LogP contribution is 2.48. The zero-order valence-electron chi connectivity index (χ0n) is 12.7. The maximum atomic E-state index is 12.2. The highest BCUT2D eigenvalue weighted by Gasteiger charge is 2.39. The van der Waals surface area contributed by atoms with Crippen molar-refractivity contribution in [1.29, 1.82) is 0 Å². The van der Waals surface area contributed by atoms with Gasteiger partial charge < -0.3 is 10.6 Å². The molecule has 1 aromatic rings. The molecule has 0 radical (unpaired) electrons. The van der Waals surface area contributed by atoms with E-state index in [9.17, 15) is 4.79 Å². The van der Waals surface area contributed by atoms with Crippen LogP contribution < -0.4 is 5.73 Å². The predicted molar refractivity (Wildman–Crippen MR) is 86.5 cm³/mol. The summed E-state index contributed by atoms with van der Waals surface area (Å²) in [7, 11) is 1.92. The van der Waals surface area contributed by atoms with Crippen LogP contribution in [0.25, 0.3) is 6.08 Å². The Bertz CT molecular complexity index is 535. The molecule has 2 aliphatic rings. The Labute approximate surface area is 126 Å². The number of carbonyl (C=O) groups excluding carboxylic acids is 1. The number of nitrogen functional groups attached to an aromatic ring is 1. The lowest BCUT2D eigenvalue weighted by atomic mass is 9.88. The van der Waals surface area contributed by atoms with Crippen LogP contribution in [0.4, 0.5) is 5.69 Å². The topological polar surface area (TPSA) is 46.3 Å². The van der Waals surface area contributed by atoms with E-state index in [0.29, 0.717) is 0 Å². The van der Waals surface area contributed by atoms with Gasteiger partial charge in [-0.05, 0) is 60.8 Å². The number of hydrogen-bond acceptors (Lipinski definition) is 2. The predicted octanol–water partition coefficient (Wildman–Crippen LogP) is 3.18. The third-order valence-electron chi connectivity index (χ3n) is 5.12. The van der Waals surface area contributed by atoms with E-state index in [4.69, 9.17) is 5.73 Å². The molecule has 0 spiro atoms. The van der Waals surface area contributed by atoms with Crippen LogP contribution in [-0.2, 0) is 4.79 Å². The van der Waals surface area contributed by atoms with Crippen LogP contribution in [0.3, 0.4) is 0 Å². The molecule has 0 aliphatic heterocycles. The van der Waals surface area contributed by atoms with Crippen LogP contribution in [0.5, 0.6) is 0 Å². The van der Waals surface area contributed by atoms with Gasteiger partial charge in [0, 0.05) is 25.4 Å². The molecule has 0 saturated heterocycles. The molecule has 1 aromatic carbocycles. The fraction of sp³-hybridized carbons (Fsp3) is 0.500. The molecular formula is C18H24N2O. The van der Waals surface area contributed by atoms with E-state index in [-0.39, 0.29) is 5.91 Å². The number of anilines is 1. The Morgan fingerprint density at radius 3 is 2.67 bits per heavy atom. The standard InChI is InChI=1S/C18H24N2O/c1-20(12-16-11-14-2-6-15(16)10-14)18(21)9-5-13-3-7-17(19)8-4-13/h3-5,7-9,14-16H,2,6,10-12,19H2,1H3/b9-5+. The van der Waals surface area contributed by atoms with Crippen molar-refractivity contribution in [2.75, 3.05) is 19.3 Å². The third kappa shape index (κ3) is 3.29. The SMILES string of the molecule is CN(CC1CC2CCC1C2)C(=O)/C=C/c1ccc(N)cc1. The number of nitrogens with zero attached hydrogens (tertiary/aromatic N) is 1. The van der Waals surface area contributed by atoms with Crippen molar-refractivity contribution in [3.8, 4) is 0 Å². The Morgan fingerprint density at radius 1 is 1.29 bits per heavy atom. The lowest BCUT2D eigenvalue weighted by molar-refractivity contribution is -0.125. The van der Waals surface area contributed by atoms with Crippen molar-refractivity contribution in [1.82, 2.24) is 4.90 Å². The Hall–Kier alpha value is -1.77. The second-order valence-electron chi connectivity index (χ2n) is 6.65. The van der Waals surface area contributed by atoms with Gasteiger partial charge in [-0.15, -0.1) is 0 Å². The summed E-state index contributed by atoms with van der Waals surface area (Å²) >= 11 is 0. The van der Waals surface area contributed by atoms with Gasteiger partial charge in [0.25, 0.3) is 0 Å². The number of benzene rings is 1. The van der Waals surface area contributed by atoms with Crippen molar-refractivity contribution in [3.05, 3.63) is 35.9 Å². The van der Waals surface area contributed by atoms with Gasteiger partial charge in [0.05, 0.1) is 0 Å². The van der Waals surface area contributed by atoms with E-state index in [0.717, 1.165) is 35.5 Å². The average molecular weight is 284 g/mol. The first-order chi connectivity index (χ1) is 10.1. The summed E-state index contributed by atoms with van der Waals surface area (Å²) in [6.07, 6.45) is 9.03. The van der Waals surface area contributed by atoms with E-state index in [1.54, 1.807) is 6.08 Å². The van der Waals surface area contributed by atoms with Gasteiger partial charge in [0.2, 0.25) is 5.91 Å². The van der Waals surface area contributed by atoms with E-state index >= 15 is 0 Å². The van der Waals surface area contributed by atoms with E-state index in [1.165, 1.54) is 25.7 Å². The second-order valence-corrected chi connectivity index (χ2v) is 6.65. The van der Waals surface area contributed by atoms with Crippen LogP contribution in [0.15, 0.2) is 30.3 Å². The summed E-state index contributed by atoms with van der Waals surface area (Å²) in [4.78, 5) is 14.1. The smallest absolute Gasteiger partial charge is 0.246 e. The van der Waals surface area contributed by atoms with Gasteiger partial charge >= 0.3 is 0 Å². The number of rotatable bonds is 4. The normalized spacial score (nSPS) is 27.4. The molecule has 3 rings (SSSR count). The molecule has 2 aliphatic carbocycles. The quantitative estimate of drug-likeness (QED) is 0.682. The Morgan fingerprint density at radius 2 is 2.05 bits per heavy atom. The summed E-state index contributed by atoms with van der Waals surface area (Å²) in [5.41, 5.74) is 7.40. The number of nitrogens with two attached hydrogens (primary N) is 1. The summed E-state index contributed by atoms with van der Waals surface area (Å²) in [6.45, 7) is 0.909. The van der Waals surface area contributed by atoms with Crippen LogP contribution in [0, 0.1) is 17.8 Å². The Kier molecular flexibility index (Phi) is 4.00. The van der Waals surface area contributed by atoms with Gasteiger partial charge in [-0.25, -0.2) is 0 Å². The molecule has 3 heteroatoms. The molecule has 3 atom stereocenters. The lowest BCUT2D eigenvalue weighted by Crippen LogP contribution is -2.32. The van der Waals surface area contributed by atoms with Crippen LogP contribution in [0.1, 0.15) is 31.2 Å². The molecule has 2 N–H and O–H groups in total. The summed E-state index contributed by atoms with van der Waals surface area (Å²) in [6, 6.07) is 7.55. The van der Waals surface area contributed by atoms with Crippen molar-refractivity contribution in [2.24, 2.45) is 17.8 Å². The van der Waals surface area contributed by atoms with E-state index in [1.807, 2.05) is 42.3 Å². The minimum absolute atomic E-state index is 0.0922. The molecule has 2 bridgehead atoms. The molecule has 3 unspecified atom stereocenters. The molecule has 3 nitrogen and oxygen atoms in total. The molecule has 0 aromatic heterocycles. The zero-order valence-corrected chi connectivity index (χ0v) is 12.7. The van der Waals surface area contributed by atoms with Crippen LogP contribution in [-0.4, -0.2) is 24.4 Å². The average Bonchev–Trinajstić information content (AvgIpc) is 3.09. The second kappa shape index (κ2) is 5.92. The number of carbonyl (C=O) groups is 1. The van der Waals surface area contributed by atoms with Gasteiger partial charge in [-0.1, -0.05) is 18.6 Å². The summed E-state index contributed by atoms with van der Waals surface area (Å²) < 4.78 is 0. The maximum absolute atomic E-state index is 12.2. The van der Waals surface area contributed by atoms with Crippen molar-refractivity contribution in [3.63, 3.8) is 0 Å². The van der Waals surface area contributed by atoms with E-state index in [2.05, 4.69) is 0 Å². The Balaban J connectivity index is 1.53. The number of fused-ring (bicyclic) bond motifs is 2. The number of likely N-dealkylation sites (N-methyl/N-ethyl adjacent to an activating group) is 1. The number of amides is 1. The molecular weight excluding hydrogens is 260 g/mol. The maximum Gasteiger partial charge on any atom is 0.246 e. The van der Waals surface area contributed by atoms with Crippen molar-refractivity contribution in [2.45, 2.75) is 25.7 Å². The lowest BCUT2D eigenvalue weighted by Gasteiger charge is -2.26. The van der Waals surface area contributed by atoms with Gasteiger partial charge in [0.15, 0.2) is 0 Å². The largest absolute Gasteiger partial charge is 0.399 e. The molecule has 21 heavy (non-hydrogen) atoms. The zero-order chi connectivity index (χ0) is 14.8.